The molecule has 1 atom stereocenters. The van der Waals surface area contributed by atoms with Crippen molar-refractivity contribution in [2.24, 2.45) is 17.8 Å². The standard InChI is InChI=1S/C29H36ClN7O3/c1-17(2)13-22-16-39-12-11-36(22)28-33-25-24(37(28)15-19-9-7-18(3)8-10-19)23(20-5-4-6-21(30)14-20)31-26(32-25)27-34-29(38)40-35-27/h4-6,14,17-19,22H,7-13,15-16H2,1-3H3,(H,34,35,38). The molecule has 40 heavy (non-hydrogen) atoms. The number of fused-ring (bicyclic) bond motifs is 1. The van der Waals surface area contributed by atoms with Crippen LogP contribution in [0.15, 0.2) is 33.6 Å². The van der Waals surface area contributed by atoms with Gasteiger partial charge >= 0.3 is 5.76 Å². The smallest absolute Gasteiger partial charge is 0.377 e. The molecule has 212 valence electrons. The second-order valence-corrected chi connectivity index (χ2v) is 12.2. The normalized spacial score (nSPS) is 21.9. The van der Waals surface area contributed by atoms with E-state index in [0.717, 1.165) is 42.5 Å². The molecule has 11 heteroatoms. The van der Waals surface area contributed by atoms with E-state index in [1.54, 1.807) is 0 Å². The topological polar surface area (TPSA) is 115 Å². The summed E-state index contributed by atoms with van der Waals surface area (Å²) in [6.45, 7) is 9.74. The summed E-state index contributed by atoms with van der Waals surface area (Å²) in [4.78, 5) is 31.7. The molecule has 1 aliphatic heterocycles. The lowest BCUT2D eigenvalue weighted by molar-refractivity contribution is 0.0863. The Hall–Kier alpha value is -3.24. The van der Waals surface area contributed by atoms with E-state index in [1.165, 1.54) is 25.7 Å². The number of nitrogens with zero attached hydrogens (tertiary/aromatic N) is 6. The molecule has 1 saturated carbocycles. The first-order valence-corrected chi connectivity index (χ1v) is 14.7. The van der Waals surface area contributed by atoms with E-state index in [9.17, 15) is 4.79 Å². The molecule has 3 aromatic heterocycles. The van der Waals surface area contributed by atoms with Gasteiger partial charge in [-0.1, -0.05) is 62.5 Å². The lowest BCUT2D eigenvalue weighted by Gasteiger charge is -2.38. The van der Waals surface area contributed by atoms with Crippen LogP contribution in [-0.4, -0.2) is 55.5 Å². The van der Waals surface area contributed by atoms with E-state index < -0.39 is 5.76 Å². The molecule has 4 heterocycles. The molecular weight excluding hydrogens is 530 g/mol. The zero-order chi connectivity index (χ0) is 27.8. The average Bonchev–Trinajstić information content (AvgIpc) is 3.53. The van der Waals surface area contributed by atoms with Crippen molar-refractivity contribution in [2.45, 2.75) is 65.5 Å². The predicted octanol–water partition coefficient (Wildman–Crippen LogP) is 5.57. The maximum absolute atomic E-state index is 11.8. The van der Waals surface area contributed by atoms with Gasteiger partial charge in [0, 0.05) is 23.7 Å². The Morgan fingerprint density at radius 1 is 1.15 bits per heavy atom. The van der Waals surface area contributed by atoms with Gasteiger partial charge in [-0.15, -0.1) is 0 Å². The number of aromatic nitrogens is 6. The fourth-order valence-electron chi connectivity index (χ4n) is 6.11. The van der Waals surface area contributed by atoms with Crippen molar-refractivity contribution in [3.05, 3.63) is 39.8 Å². The third kappa shape index (κ3) is 5.51. The third-order valence-corrected chi connectivity index (χ3v) is 8.37. The number of hydrogen-bond acceptors (Lipinski definition) is 8. The van der Waals surface area contributed by atoms with Gasteiger partial charge in [0.1, 0.15) is 11.2 Å². The molecule has 1 aromatic carbocycles. The van der Waals surface area contributed by atoms with Crippen LogP contribution in [0.25, 0.3) is 34.1 Å². The maximum atomic E-state index is 11.8. The minimum absolute atomic E-state index is 0.164. The highest BCUT2D eigenvalue weighted by Gasteiger charge is 2.32. The van der Waals surface area contributed by atoms with Crippen molar-refractivity contribution >= 4 is 28.7 Å². The van der Waals surface area contributed by atoms with Crippen molar-refractivity contribution in [1.29, 1.82) is 0 Å². The summed E-state index contributed by atoms with van der Waals surface area (Å²) in [5.41, 5.74) is 2.96. The number of nitrogens with one attached hydrogen (secondary N) is 1. The van der Waals surface area contributed by atoms with Crippen molar-refractivity contribution < 1.29 is 9.26 Å². The lowest BCUT2D eigenvalue weighted by atomic mass is 9.83. The minimum Gasteiger partial charge on any atom is -0.377 e. The largest absolute Gasteiger partial charge is 0.439 e. The molecule has 1 aliphatic carbocycles. The number of morpholine rings is 1. The van der Waals surface area contributed by atoms with Crippen molar-refractivity contribution in [3.8, 4) is 22.9 Å². The molecule has 1 N–H and O–H groups in total. The van der Waals surface area contributed by atoms with Gasteiger partial charge in [-0.05, 0) is 49.1 Å². The molecule has 6 rings (SSSR count). The first-order valence-electron chi connectivity index (χ1n) is 14.3. The van der Waals surface area contributed by atoms with E-state index in [2.05, 4.69) is 40.4 Å². The molecule has 2 fully saturated rings. The summed E-state index contributed by atoms with van der Waals surface area (Å²) in [6.07, 6.45) is 5.85. The molecule has 10 nitrogen and oxygen atoms in total. The second-order valence-electron chi connectivity index (χ2n) is 11.7. The van der Waals surface area contributed by atoms with Crippen LogP contribution in [0, 0.1) is 17.8 Å². The molecule has 0 spiro atoms. The second kappa shape index (κ2) is 11.3. The third-order valence-electron chi connectivity index (χ3n) is 8.14. The average molecular weight is 566 g/mol. The number of aromatic amines is 1. The highest BCUT2D eigenvalue weighted by atomic mass is 35.5. The summed E-state index contributed by atoms with van der Waals surface area (Å²) in [5.74, 6) is 2.47. The van der Waals surface area contributed by atoms with Crippen LogP contribution in [0.2, 0.25) is 5.02 Å². The molecule has 0 radical (unpaired) electrons. The van der Waals surface area contributed by atoms with Gasteiger partial charge < -0.3 is 14.2 Å². The molecule has 0 amide bonds. The fourth-order valence-corrected chi connectivity index (χ4v) is 6.30. The van der Waals surface area contributed by atoms with Crippen molar-refractivity contribution in [3.63, 3.8) is 0 Å². The maximum Gasteiger partial charge on any atom is 0.439 e. The van der Waals surface area contributed by atoms with Crippen LogP contribution in [0.3, 0.4) is 0 Å². The minimum atomic E-state index is -0.661. The molecule has 2 aliphatic rings. The summed E-state index contributed by atoms with van der Waals surface area (Å²) in [7, 11) is 0. The zero-order valence-electron chi connectivity index (χ0n) is 23.3. The molecule has 1 unspecified atom stereocenters. The highest BCUT2D eigenvalue weighted by Crippen LogP contribution is 2.37. The van der Waals surface area contributed by atoms with Gasteiger partial charge in [-0.3, -0.25) is 9.51 Å². The zero-order valence-corrected chi connectivity index (χ0v) is 24.0. The van der Waals surface area contributed by atoms with Crippen LogP contribution in [0.4, 0.5) is 5.95 Å². The monoisotopic (exact) mass is 565 g/mol. The first-order chi connectivity index (χ1) is 19.4. The number of H-pyrrole nitrogens is 1. The van der Waals surface area contributed by atoms with Crippen LogP contribution in [0.1, 0.15) is 52.9 Å². The Labute approximate surface area is 238 Å². The SMILES string of the molecule is CC(C)CC1COCCN1c1nc2nc(-c3noc(=O)[nH]3)nc(-c3cccc(Cl)c3)c2n1CC1CCC(C)CC1. The van der Waals surface area contributed by atoms with Crippen LogP contribution < -0.4 is 10.7 Å². The molecule has 0 bridgehead atoms. The van der Waals surface area contributed by atoms with E-state index in [0.29, 0.717) is 41.4 Å². The summed E-state index contributed by atoms with van der Waals surface area (Å²) < 4.78 is 13.0. The summed E-state index contributed by atoms with van der Waals surface area (Å²) in [5, 5.41) is 4.46. The fraction of sp³-hybridized carbons (Fsp3) is 0.552. The number of anilines is 1. The predicted molar refractivity (Wildman–Crippen MR) is 154 cm³/mol. The molecule has 1 saturated heterocycles. The lowest BCUT2D eigenvalue weighted by Crippen LogP contribution is -2.47. The Morgan fingerprint density at radius 3 is 2.70 bits per heavy atom. The number of benzene rings is 1. The Bertz CT molecular complexity index is 1540. The number of rotatable bonds is 7. The van der Waals surface area contributed by atoms with Crippen LogP contribution >= 0.6 is 11.6 Å². The number of halogens is 1. The van der Waals surface area contributed by atoms with Gasteiger partial charge in [0.2, 0.25) is 17.6 Å². The van der Waals surface area contributed by atoms with Gasteiger partial charge in [0.05, 0.1) is 19.3 Å². The van der Waals surface area contributed by atoms with Gasteiger partial charge in [0.25, 0.3) is 0 Å². The van der Waals surface area contributed by atoms with Crippen molar-refractivity contribution in [1.82, 2.24) is 29.7 Å². The summed E-state index contributed by atoms with van der Waals surface area (Å²) >= 11 is 6.45. The van der Waals surface area contributed by atoms with Crippen LogP contribution in [0.5, 0.6) is 0 Å². The molecule has 4 aromatic rings. The van der Waals surface area contributed by atoms with Crippen molar-refractivity contribution in [2.75, 3.05) is 24.7 Å². The number of ether oxygens (including phenoxy) is 1. The first kappa shape index (κ1) is 27.0. The van der Waals surface area contributed by atoms with E-state index in [4.69, 9.17) is 35.8 Å². The van der Waals surface area contributed by atoms with E-state index >= 15 is 0 Å². The number of hydrogen-bond donors (Lipinski definition) is 1. The Morgan fingerprint density at radius 2 is 1.98 bits per heavy atom. The quantitative estimate of drug-likeness (QED) is 0.309. The summed E-state index contributed by atoms with van der Waals surface area (Å²) in [6, 6.07) is 7.85. The highest BCUT2D eigenvalue weighted by molar-refractivity contribution is 6.30. The van der Waals surface area contributed by atoms with Gasteiger partial charge in [-0.2, -0.15) is 4.98 Å². The Kier molecular flexibility index (Phi) is 7.63. The van der Waals surface area contributed by atoms with Crippen LogP contribution in [-0.2, 0) is 11.3 Å². The Balaban J connectivity index is 1.57. The van der Waals surface area contributed by atoms with E-state index in [1.807, 2.05) is 24.3 Å². The number of imidazole rings is 1. The molecular formula is C29H36ClN7O3. The van der Waals surface area contributed by atoms with E-state index in [-0.39, 0.29) is 17.7 Å². The van der Waals surface area contributed by atoms with Gasteiger partial charge in [0.15, 0.2) is 5.65 Å². The van der Waals surface area contributed by atoms with Gasteiger partial charge in [-0.25, -0.2) is 14.8 Å².